The fourth-order valence-corrected chi connectivity index (χ4v) is 4.60. The van der Waals surface area contributed by atoms with Gasteiger partial charge in [0.15, 0.2) is 16.6 Å². The maximum Gasteiger partial charge on any atom is 0.257 e. The highest BCUT2D eigenvalue weighted by Crippen LogP contribution is 2.30. The molecule has 9 heteroatoms. The van der Waals surface area contributed by atoms with Crippen molar-refractivity contribution in [1.29, 1.82) is 0 Å². The van der Waals surface area contributed by atoms with Crippen molar-refractivity contribution in [2.24, 2.45) is 0 Å². The van der Waals surface area contributed by atoms with E-state index < -0.39 is 6.04 Å². The second-order valence-electron chi connectivity index (χ2n) is 8.41. The third-order valence-corrected chi connectivity index (χ3v) is 6.54. The number of para-hydroxylation sites is 1. The van der Waals surface area contributed by atoms with Gasteiger partial charge in [-0.05, 0) is 72.7 Å². The fraction of sp³-hybridized carbons (Fsp3) is 0.250. The van der Waals surface area contributed by atoms with E-state index in [9.17, 15) is 9.59 Å². The summed E-state index contributed by atoms with van der Waals surface area (Å²) in [6, 6.07) is 21.3. The monoisotopic (exact) mass is 519 g/mol. The molecule has 1 fully saturated rings. The van der Waals surface area contributed by atoms with Crippen LogP contribution < -0.4 is 24.4 Å². The standard InChI is InChI=1S/C28H29N3O5S/c1-34-22-12-10-21(11-13-22)31-26(32)18-23(27(31)33)30(28(37)29-20-7-5-4-6-8-20)16-15-19-9-14-24(35-2)25(17-19)36-3/h4-14,17,23H,15-16,18H2,1-3H3,(H,29,37)/t23-/m1/s1. The summed E-state index contributed by atoms with van der Waals surface area (Å²) in [6.45, 7) is 0.411. The summed E-state index contributed by atoms with van der Waals surface area (Å²) in [4.78, 5) is 29.6. The molecule has 0 aliphatic carbocycles. The highest BCUT2D eigenvalue weighted by Gasteiger charge is 2.43. The third kappa shape index (κ3) is 5.83. The second kappa shape index (κ2) is 11.7. The molecule has 1 aliphatic rings. The first kappa shape index (κ1) is 26.0. The number of methoxy groups -OCH3 is 3. The minimum Gasteiger partial charge on any atom is -0.497 e. The topological polar surface area (TPSA) is 80.3 Å². The Kier molecular flexibility index (Phi) is 8.25. The van der Waals surface area contributed by atoms with Crippen LogP contribution in [0.1, 0.15) is 12.0 Å². The number of anilines is 2. The number of benzene rings is 3. The molecule has 4 rings (SSSR count). The minimum absolute atomic E-state index is 0.0212. The molecular formula is C28H29N3O5S. The number of amides is 2. The average molecular weight is 520 g/mol. The Hall–Kier alpha value is -4.11. The Morgan fingerprint density at radius 1 is 0.946 bits per heavy atom. The largest absolute Gasteiger partial charge is 0.497 e. The van der Waals surface area contributed by atoms with E-state index in [1.54, 1.807) is 50.5 Å². The number of ether oxygens (including phenoxy) is 3. The van der Waals surface area contributed by atoms with E-state index in [1.807, 2.05) is 48.5 Å². The molecule has 0 spiro atoms. The van der Waals surface area contributed by atoms with E-state index in [2.05, 4.69) is 5.32 Å². The molecule has 0 radical (unpaired) electrons. The Balaban J connectivity index is 1.58. The van der Waals surface area contributed by atoms with Gasteiger partial charge in [0.25, 0.3) is 5.91 Å². The molecule has 192 valence electrons. The first-order chi connectivity index (χ1) is 17.9. The Labute approximate surface area is 221 Å². The van der Waals surface area contributed by atoms with Crippen LogP contribution in [0.2, 0.25) is 0 Å². The maximum absolute atomic E-state index is 13.6. The van der Waals surface area contributed by atoms with Gasteiger partial charge in [0, 0.05) is 12.2 Å². The van der Waals surface area contributed by atoms with Gasteiger partial charge >= 0.3 is 0 Å². The summed E-state index contributed by atoms with van der Waals surface area (Å²) >= 11 is 5.75. The first-order valence-corrected chi connectivity index (χ1v) is 12.2. The number of nitrogens with one attached hydrogen (secondary N) is 1. The zero-order valence-electron chi connectivity index (χ0n) is 21.0. The van der Waals surface area contributed by atoms with Crippen LogP contribution in [0, 0.1) is 0 Å². The van der Waals surface area contributed by atoms with Crippen molar-refractivity contribution >= 4 is 40.5 Å². The van der Waals surface area contributed by atoms with E-state index in [-0.39, 0.29) is 18.2 Å². The third-order valence-electron chi connectivity index (χ3n) is 6.20. The lowest BCUT2D eigenvalue weighted by molar-refractivity contribution is -0.122. The van der Waals surface area contributed by atoms with Gasteiger partial charge in [0.1, 0.15) is 11.8 Å². The molecule has 1 atom stereocenters. The summed E-state index contributed by atoms with van der Waals surface area (Å²) in [5.74, 6) is 1.30. The van der Waals surface area contributed by atoms with E-state index in [1.165, 1.54) is 4.90 Å². The molecule has 3 aromatic carbocycles. The van der Waals surface area contributed by atoms with Crippen molar-refractivity contribution in [3.8, 4) is 17.2 Å². The summed E-state index contributed by atoms with van der Waals surface area (Å²) < 4.78 is 16.0. The van der Waals surface area contributed by atoms with Crippen LogP contribution >= 0.6 is 12.2 Å². The van der Waals surface area contributed by atoms with E-state index in [4.69, 9.17) is 26.4 Å². The molecule has 1 heterocycles. The van der Waals surface area contributed by atoms with Gasteiger partial charge < -0.3 is 24.4 Å². The molecule has 8 nitrogen and oxygen atoms in total. The highest BCUT2D eigenvalue weighted by molar-refractivity contribution is 7.80. The van der Waals surface area contributed by atoms with Crippen LogP contribution in [-0.4, -0.2) is 55.7 Å². The van der Waals surface area contributed by atoms with Gasteiger partial charge in [-0.3, -0.25) is 9.59 Å². The lowest BCUT2D eigenvalue weighted by atomic mass is 10.1. The zero-order chi connectivity index (χ0) is 26.4. The van der Waals surface area contributed by atoms with Crippen molar-refractivity contribution in [1.82, 2.24) is 4.90 Å². The van der Waals surface area contributed by atoms with E-state index in [0.29, 0.717) is 41.0 Å². The number of imide groups is 1. The predicted molar refractivity (Wildman–Crippen MR) is 147 cm³/mol. The number of carbonyl (C=O) groups is 2. The molecular weight excluding hydrogens is 490 g/mol. The second-order valence-corrected chi connectivity index (χ2v) is 8.80. The van der Waals surface area contributed by atoms with Crippen LogP contribution in [0.25, 0.3) is 0 Å². The van der Waals surface area contributed by atoms with Gasteiger partial charge in [-0.15, -0.1) is 0 Å². The van der Waals surface area contributed by atoms with Crippen molar-refractivity contribution in [3.05, 3.63) is 78.4 Å². The molecule has 1 N–H and O–H groups in total. The molecule has 37 heavy (non-hydrogen) atoms. The number of hydrogen-bond donors (Lipinski definition) is 1. The number of nitrogens with zero attached hydrogens (tertiary/aromatic N) is 2. The smallest absolute Gasteiger partial charge is 0.257 e. The highest BCUT2D eigenvalue weighted by atomic mass is 32.1. The van der Waals surface area contributed by atoms with Gasteiger partial charge in [-0.1, -0.05) is 24.3 Å². The molecule has 1 aliphatic heterocycles. The fourth-order valence-electron chi connectivity index (χ4n) is 4.26. The van der Waals surface area contributed by atoms with Crippen molar-refractivity contribution in [3.63, 3.8) is 0 Å². The molecule has 0 saturated carbocycles. The van der Waals surface area contributed by atoms with Crippen molar-refractivity contribution in [2.45, 2.75) is 18.9 Å². The first-order valence-electron chi connectivity index (χ1n) is 11.8. The number of rotatable bonds is 9. The minimum atomic E-state index is -0.738. The summed E-state index contributed by atoms with van der Waals surface area (Å²) in [6.07, 6.45) is 0.588. The predicted octanol–water partition coefficient (Wildman–Crippen LogP) is 4.29. The van der Waals surface area contributed by atoms with Gasteiger partial charge in [0.05, 0.1) is 33.4 Å². The van der Waals surface area contributed by atoms with Gasteiger partial charge in [-0.2, -0.15) is 0 Å². The van der Waals surface area contributed by atoms with Gasteiger partial charge in [0.2, 0.25) is 5.91 Å². The van der Waals surface area contributed by atoms with E-state index >= 15 is 0 Å². The van der Waals surface area contributed by atoms with Crippen molar-refractivity contribution < 1.29 is 23.8 Å². The van der Waals surface area contributed by atoms with Gasteiger partial charge in [-0.25, -0.2) is 4.90 Å². The number of carbonyl (C=O) groups excluding carboxylic acids is 2. The quantitative estimate of drug-likeness (QED) is 0.331. The Morgan fingerprint density at radius 2 is 1.65 bits per heavy atom. The molecule has 3 aromatic rings. The molecule has 1 saturated heterocycles. The lowest BCUT2D eigenvalue weighted by Gasteiger charge is -2.30. The molecule has 2 amide bonds. The summed E-state index contributed by atoms with van der Waals surface area (Å²) in [7, 11) is 4.74. The van der Waals surface area contributed by atoms with Crippen LogP contribution in [0.15, 0.2) is 72.8 Å². The average Bonchev–Trinajstić information content (AvgIpc) is 3.22. The molecule has 0 unspecified atom stereocenters. The van der Waals surface area contributed by atoms with Crippen LogP contribution in [0.3, 0.4) is 0 Å². The Morgan fingerprint density at radius 3 is 2.30 bits per heavy atom. The summed E-state index contributed by atoms with van der Waals surface area (Å²) in [5.41, 5.74) is 2.28. The normalized spacial score (nSPS) is 14.9. The SMILES string of the molecule is COc1ccc(N2C(=O)C[C@@H](N(CCc3ccc(OC)c(OC)c3)C(=S)Nc3ccccc3)C2=O)cc1. The molecule has 0 aromatic heterocycles. The van der Waals surface area contributed by atoms with Crippen LogP contribution in [0.4, 0.5) is 11.4 Å². The maximum atomic E-state index is 13.6. The molecule has 0 bridgehead atoms. The van der Waals surface area contributed by atoms with Crippen LogP contribution in [0.5, 0.6) is 17.2 Å². The number of hydrogen-bond acceptors (Lipinski definition) is 6. The Bertz CT molecular complexity index is 1270. The number of thiocarbonyl (C=S) groups is 1. The summed E-state index contributed by atoms with van der Waals surface area (Å²) in [5, 5.41) is 3.58. The zero-order valence-corrected chi connectivity index (χ0v) is 21.8. The van der Waals surface area contributed by atoms with Crippen molar-refractivity contribution in [2.75, 3.05) is 38.1 Å². The lowest BCUT2D eigenvalue weighted by Crippen LogP contribution is -2.48. The van der Waals surface area contributed by atoms with Crippen LogP contribution in [-0.2, 0) is 16.0 Å². The van der Waals surface area contributed by atoms with E-state index in [0.717, 1.165) is 11.3 Å².